The predicted molar refractivity (Wildman–Crippen MR) is 116 cm³/mol. The molecule has 2 fully saturated rings. The molecule has 3 atom stereocenters. The van der Waals surface area contributed by atoms with E-state index in [2.05, 4.69) is 4.98 Å². The van der Waals surface area contributed by atoms with Crippen LogP contribution in [-0.2, 0) is 20.9 Å². The molecular formula is C24H27F3N2O5. The molecule has 0 radical (unpaired) electrons. The number of carbonyl (C=O) groups is 2. The van der Waals surface area contributed by atoms with Crippen molar-refractivity contribution in [2.75, 3.05) is 26.3 Å². The molecule has 1 aromatic heterocycles. The molecule has 2 aliphatic rings. The summed E-state index contributed by atoms with van der Waals surface area (Å²) in [6.07, 6.45) is -2.17. The minimum atomic E-state index is -5.08. The number of alkyl halides is 3. The Morgan fingerprint density at radius 3 is 2.62 bits per heavy atom. The Kier molecular flexibility index (Phi) is 8.62. The van der Waals surface area contributed by atoms with Crippen LogP contribution in [0.25, 0.3) is 0 Å². The Hall–Kier alpha value is -2.98. The lowest BCUT2D eigenvalue weighted by atomic mass is 9.91. The van der Waals surface area contributed by atoms with Gasteiger partial charge in [0.15, 0.2) is 0 Å². The van der Waals surface area contributed by atoms with Gasteiger partial charge in [0.2, 0.25) is 0 Å². The Balaban J connectivity index is 0.000000406. The van der Waals surface area contributed by atoms with Gasteiger partial charge < -0.3 is 19.5 Å². The first-order valence-electron chi connectivity index (χ1n) is 10.9. The summed E-state index contributed by atoms with van der Waals surface area (Å²) in [5.74, 6) is -1.78. The molecule has 4 rings (SSSR count). The lowest BCUT2D eigenvalue weighted by molar-refractivity contribution is -0.192. The largest absolute Gasteiger partial charge is 0.490 e. The van der Waals surface area contributed by atoms with E-state index < -0.39 is 12.1 Å². The third-order valence-electron chi connectivity index (χ3n) is 5.84. The number of fused-ring (bicyclic) bond motifs is 1. The molecule has 34 heavy (non-hydrogen) atoms. The Morgan fingerprint density at radius 1 is 1.21 bits per heavy atom. The fourth-order valence-electron chi connectivity index (χ4n) is 4.12. The van der Waals surface area contributed by atoms with E-state index in [-0.39, 0.29) is 12.0 Å². The highest BCUT2D eigenvalue weighted by Gasteiger charge is 2.45. The minimum absolute atomic E-state index is 0.113. The lowest BCUT2D eigenvalue weighted by Crippen LogP contribution is -2.31. The lowest BCUT2D eigenvalue weighted by Gasteiger charge is -2.20. The van der Waals surface area contributed by atoms with Crippen molar-refractivity contribution in [3.63, 3.8) is 0 Å². The van der Waals surface area contributed by atoms with Gasteiger partial charge in [0.1, 0.15) is 0 Å². The fraction of sp³-hybridized carbons (Fsp3) is 0.458. The molecule has 10 heteroatoms. The number of amides is 1. The first-order valence-corrected chi connectivity index (χ1v) is 10.9. The van der Waals surface area contributed by atoms with Crippen LogP contribution in [-0.4, -0.2) is 65.5 Å². The van der Waals surface area contributed by atoms with Crippen LogP contribution in [0.15, 0.2) is 48.7 Å². The van der Waals surface area contributed by atoms with Gasteiger partial charge in [-0.05, 0) is 43.5 Å². The van der Waals surface area contributed by atoms with E-state index in [1.807, 2.05) is 54.3 Å². The first kappa shape index (κ1) is 25.6. The van der Waals surface area contributed by atoms with Crippen LogP contribution in [0.3, 0.4) is 0 Å². The van der Waals surface area contributed by atoms with Crippen LogP contribution in [0.4, 0.5) is 13.2 Å². The van der Waals surface area contributed by atoms with Crippen LogP contribution in [0.1, 0.15) is 28.0 Å². The molecule has 7 nitrogen and oxygen atoms in total. The smallest absolute Gasteiger partial charge is 0.475 e. The normalized spacial score (nSPS) is 21.5. The van der Waals surface area contributed by atoms with Gasteiger partial charge in [0, 0.05) is 37.4 Å². The predicted octanol–water partition coefficient (Wildman–Crippen LogP) is 3.72. The maximum Gasteiger partial charge on any atom is 0.490 e. The van der Waals surface area contributed by atoms with Crippen molar-refractivity contribution in [3.8, 4) is 0 Å². The van der Waals surface area contributed by atoms with Gasteiger partial charge in [0.05, 0.1) is 25.0 Å². The van der Waals surface area contributed by atoms with E-state index in [0.29, 0.717) is 31.6 Å². The third-order valence-corrected chi connectivity index (χ3v) is 5.84. The molecule has 1 amide bonds. The third kappa shape index (κ3) is 7.01. The Labute approximate surface area is 195 Å². The number of carboxylic acids is 1. The average molecular weight is 480 g/mol. The number of pyridine rings is 1. The number of hydrogen-bond acceptors (Lipinski definition) is 5. The molecular weight excluding hydrogens is 453 g/mol. The van der Waals surface area contributed by atoms with Gasteiger partial charge in [-0.15, -0.1) is 0 Å². The number of hydrogen-bond donors (Lipinski definition) is 1. The number of carbonyl (C=O) groups excluding carboxylic acids is 1. The van der Waals surface area contributed by atoms with Gasteiger partial charge in [-0.2, -0.15) is 13.2 Å². The number of likely N-dealkylation sites (tertiary alicyclic amines) is 1. The zero-order chi connectivity index (χ0) is 24.7. The van der Waals surface area contributed by atoms with Gasteiger partial charge in [-0.1, -0.05) is 23.8 Å². The van der Waals surface area contributed by atoms with Crippen molar-refractivity contribution in [3.05, 3.63) is 65.5 Å². The molecule has 0 unspecified atom stereocenters. The number of aryl methyl sites for hydroxylation is 1. The van der Waals surface area contributed by atoms with Crippen molar-refractivity contribution >= 4 is 11.9 Å². The highest BCUT2D eigenvalue weighted by atomic mass is 19.4. The van der Waals surface area contributed by atoms with Crippen molar-refractivity contribution in [1.82, 2.24) is 9.88 Å². The molecule has 2 saturated heterocycles. The second-order valence-corrected chi connectivity index (χ2v) is 8.34. The number of halogens is 3. The summed E-state index contributed by atoms with van der Waals surface area (Å²) in [5.41, 5.74) is 2.83. The molecule has 2 aliphatic heterocycles. The van der Waals surface area contributed by atoms with Crippen LogP contribution in [0.5, 0.6) is 0 Å². The van der Waals surface area contributed by atoms with Gasteiger partial charge >= 0.3 is 12.1 Å². The highest BCUT2D eigenvalue weighted by molar-refractivity contribution is 5.94. The second-order valence-electron chi connectivity index (χ2n) is 8.34. The molecule has 184 valence electrons. The van der Waals surface area contributed by atoms with Crippen molar-refractivity contribution in [2.24, 2.45) is 11.8 Å². The van der Waals surface area contributed by atoms with Crippen LogP contribution in [0.2, 0.25) is 0 Å². The van der Waals surface area contributed by atoms with Crippen molar-refractivity contribution in [2.45, 2.75) is 32.2 Å². The SMILES string of the molecule is Cc1cccc(C(=O)N2C[C@H]3[C@@H](CCOCc4ccccn4)CO[C@H]3C2)c1.O=C(O)C(F)(F)F. The summed E-state index contributed by atoms with van der Waals surface area (Å²) in [6, 6.07) is 13.7. The maximum atomic E-state index is 12.8. The topological polar surface area (TPSA) is 89.0 Å². The monoisotopic (exact) mass is 480 g/mol. The number of aromatic nitrogens is 1. The molecule has 1 N–H and O–H groups in total. The van der Waals surface area contributed by atoms with E-state index in [9.17, 15) is 18.0 Å². The van der Waals surface area contributed by atoms with Crippen LogP contribution < -0.4 is 0 Å². The zero-order valence-corrected chi connectivity index (χ0v) is 18.7. The molecule has 0 saturated carbocycles. The van der Waals surface area contributed by atoms with Gasteiger partial charge in [0.25, 0.3) is 5.91 Å². The van der Waals surface area contributed by atoms with Gasteiger partial charge in [-0.25, -0.2) is 4.79 Å². The van der Waals surface area contributed by atoms with E-state index in [1.165, 1.54) is 0 Å². The van der Waals surface area contributed by atoms with Crippen LogP contribution in [0, 0.1) is 18.8 Å². The number of aliphatic carboxylic acids is 1. The quantitative estimate of drug-likeness (QED) is 0.634. The molecule has 3 heterocycles. The van der Waals surface area contributed by atoms with E-state index in [0.717, 1.165) is 36.4 Å². The number of ether oxygens (including phenoxy) is 2. The van der Waals surface area contributed by atoms with Crippen molar-refractivity contribution < 1.29 is 37.3 Å². The second kappa shape index (κ2) is 11.4. The maximum absolute atomic E-state index is 12.8. The van der Waals surface area contributed by atoms with E-state index in [4.69, 9.17) is 19.4 Å². The summed E-state index contributed by atoms with van der Waals surface area (Å²) < 4.78 is 43.5. The number of carboxylic acid groups (broad SMARTS) is 1. The molecule has 2 aromatic rings. The highest BCUT2D eigenvalue weighted by Crippen LogP contribution is 2.36. The number of benzene rings is 1. The number of rotatable bonds is 6. The van der Waals surface area contributed by atoms with E-state index in [1.54, 1.807) is 6.20 Å². The minimum Gasteiger partial charge on any atom is -0.475 e. The zero-order valence-electron chi connectivity index (χ0n) is 18.7. The Morgan fingerprint density at radius 2 is 1.97 bits per heavy atom. The van der Waals surface area contributed by atoms with Crippen LogP contribution >= 0.6 is 0 Å². The summed E-state index contributed by atoms with van der Waals surface area (Å²) in [4.78, 5) is 27.9. The van der Waals surface area contributed by atoms with E-state index >= 15 is 0 Å². The standard InChI is InChI=1S/C22H26N2O3.C2HF3O2/c1-16-5-4-6-17(11-16)22(25)24-12-20-18(14-27-21(20)13-24)8-10-26-15-19-7-2-3-9-23-19;3-2(4,5)1(6)7/h2-7,9,11,18,20-21H,8,10,12-15H2,1H3;(H,6,7)/t18-,20-,21-;/m0./s1. The summed E-state index contributed by atoms with van der Waals surface area (Å²) in [7, 11) is 0. The molecule has 1 aromatic carbocycles. The Bertz CT molecular complexity index is 971. The van der Waals surface area contributed by atoms with Crippen molar-refractivity contribution in [1.29, 1.82) is 0 Å². The fourth-order valence-corrected chi connectivity index (χ4v) is 4.12. The average Bonchev–Trinajstić information content (AvgIpc) is 3.38. The molecule has 0 aliphatic carbocycles. The molecule has 0 bridgehead atoms. The van der Waals surface area contributed by atoms with Gasteiger partial charge in [-0.3, -0.25) is 9.78 Å². The summed E-state index contributed by atoms with van der Waals surface area (Å²) >= 11 is 0. The summed E-state index contributed by atoms with van der Waals surface area (Å²) in [6.45, 7) is 5.50. The first-order chi connectivity index (χ1) is 16.1. The number of nitrogens with zero attached hydrogens (tertiary/aromatic N) is 2. The molecule has 0 spiro atoms. The summed E-state index contributed by atoms with van der Waals surface area (Å²) in [5, 5.41) is 7.12.